The van der Waals surface area contributed by atoms with Crippen molar-refractivity contribution < 1.29 is 4.74 Å². The normalized spacial score (nSPS) is 24.9. The van der Waals surface area contributed by atoms with Gasteiger partial charge in [0.1, 0.15) is 0 Å². The van der Waals surface area contributed by atoms with Crippen LogP contribution in [0.25, 0.3) is 0 Å². The van der Waals surface area contributed by atoms with Crippen LogP contribution in [0.2, 0.25) is 5.02 Å². The van der Waals surface area contributed by atoms with Gasteiger partial charge in [-0.2, -0.15) is 0 Å². The zero-order chi connectivity index (χ0) is 14.5. The van der Waals surface area contributed by atoms with E-state index in [0.29, 0.717) is 18.0 Å². The van der Waals surface area contributed by atoms with Gasteiger partial charge < -0.3 is 10.1 Å². The average molecular weight is 297 g/mol. The summed E-state index contributed by atoms with van der Waals surface area (Å²) in [6, 6.07) is 8.95. The van der Waals surface area contributed by atoms with E-state index in [1.54, 1.807) is 0 Å². The molecule has 20 heavy (non-hydrogen) atoms. The number of hydrogen-bond donors (Lipinski definition) is 1. The highest BCUT2D eigenvalue weighted by Crippen LogP contribution is 2.27. The molecule has 1 heterocycles. The summed E-state index contributed by atoms with van der Waals surface area (Å²) in [7, 11) is 4.20. The molecule has 2 rings (SSSR count). The molecule has 3 unspecified atom stereocenters. The lowest BCUT2D eigenvalue weighted by atomic mass is 9.94. The van der Waals surface area contributed by atoms with Gasteiger partial charge in [0.15, 0.2) is 0 Å². The topological polar surface area (TPSA) is 24.5 Å². The number of rotatable bonds is 5. The van der Waals surface area contributed by atoms with Gasteiger partial charge in [0.2, 0.25) is 0 Å². The van der Waals surface area contributed by atoms with E-state index in [4.69, 9.17) is 16.3 Å². The van der Waals surface area contributed by atoms with E-state index in [1.807, 2.05) is 25.2 Å². The highest BCUT2D eigenvalue weighted by atomic mass is 35.5. The first kappa shape index (κ1) is 15.8. The van der Waals surface area contributed by atoms with Crippen LogP contribution in [0.4, 0.5) is 0 Å². The molecule has 0 aromatic heterocycles. The van der Waals surface area contributed by atoms with Gasteiger partial charge in [-0.15, -0.1) is 0 Å². The van der Waals surface area contributed by atoms with Crippen LogP contribution in [0.15, 0.2) is 24.3 Å². The second-order valence-corrected chi connectivity index (χ2v) is 6.06. The zero-order valence-corrected chi connectivity index (χ0v) is 13.4. The minimum absolute atomic E-state index is 0.308. The first-order valence-electron chi connectivity index (χ1n) is 7.33. The highest BCUT2D eigenvalue weighted by molar-refractivity contribution is 6.31. The van der Waals surface area contributed by atoms with E-state index in [-0.39, 0.29) is 0 Å². The third kappa shape index (κ3) is 3.73. The predicted octanol–water partition coefficient (Wildman–Crippen LogP) is 2.96. The molecule has 1 saturated heterocycles. The van der Waals surface area contributed by atoms with Crippen LogP contribution in [0.5, 0.6) is 0 Å². The Morgan fingerprint density at radius 3 is 2.90 bits per heavy atom. The van der Waals surface area contributed by atoms with Crippen LogP contribution < -0.4 is 5.32 Å². The van der Waals surface area contributed by atoms with Gasteiger partial charge in [-0.1, -0.05) is 29.8 Å². The zero-order valence-electron chi connectivity index (χ0n) is 12.6. The van der Waals surface area contributed by atoms with Gasteiger partial charge in [-0.25, -0.2) is 0 Å². The first-order valence-corrected chi connectivity index (χ1v) is 7.71. The molecule has 1 N–H and O–H groups in total. The number of benzene rings is 1. The van der Waals surface area contributed by atoms with E-state index < -0.39 is 0 Å². The Labute approximate surface area is 127 Å². The van der Waals surface area contributed by atoms with Gasteiger partial charge in [0, 0.05) is 36.2 Å². The van der Waals surface area contributed by atoms with Crippen LogP contribution in [0.3, 0.4) is 0 Å². The van der Waals surface area contributed by atoms with Gasteiger partial charge in [0.05, 0.1) is 6.61 Å². The molecule has 112 valence electrons. The summed E-state index contributed by atoms with van der Waals surface area (Å²) >= 11 is 6.30. The summed E-state index contributed by atoms with van der Waals surface area (Å²) in [6.07, 6.45) is 1.09. The summed E-state index contributed by atoms with van der Waals surface area (Å²) in [5.74, 6) is 0.531. The van der Waals surface area contributed by atoms with Crippen molar-refractivity contribution in [1.82, 2.24) is 10.2 Å². The summed E-state index contributed by atoms with van der Waals surface area (Å²) in [4.78, 5) is 2.37. The van der Waals surface area contributed by atoms with Crippen molar-refractivity contribution in [2.45, 2.75) is 25.4 Å². The average Bonchev–Trinajstić information content (AvgIpc) is 2.47. The fourth-order valence-electron chi connectivity index (χ4n) is 2.94. The fraction of sp³-hybridized carbons (Fsp3) is 0.625. The number of nitrogens with zero attached hydrogens (tertiary/aromatic N) is 1. The van der Waals surface area contributed by atoms with Gasteiger partial charge in [-0.3, -0.25) is 4.90 Å². The van der Waals surface area contributed by atoms with Crippen molar-refractivity contribution >= 4 is 11.6 Å². The van der Waals surface area contributed by atoms with E-state index >= 15 is 0 Å². The largest absolute Gasteiger partial charge is 0.381 e. The van der Waals surface area contributed by atoms with Crippen LogP contribution in [0, 0.1) is 5.92 Å². The van der Waals surface area contributed by atoms with Crippen LogP contribution >= 0.6 is 11.6 Å². The smallest absolute Gasteiger partial charge is 0.0521 e. The second-order valence-electron chi connectivity index (χ2n) is 5.66. The van der Waals surface area contributed by atoms with Gasteiger partial charge >= 0.3 is 0 Å². The fourth-order valence-corrected chi connectivity index (χ4v) is 3.23. The summed E-state index contributed by atoms with van der Waals surface area (Å²) in [5, 5.41) is 4.26. The predicted molar refractivity (Wildman–Crippen MR) is 84.3 cm³/mol. The lowest BCUT2D eigenvalue weighted by molar-refractivity contribution is 0.0172. The van der Waals surface area contributed by atoms with Crippen LogP contribution in [-0.4, -0.2) is 44.8 Å². The number of halogens is 1. The molecule has 1 aromatic carbocycles. The third-order valence-electron chi connectivity index (χ3n) is 4.38. The van der Waals surface area contributed by atoms with Crippen molar-refractivity contribution in [2.24, 2.45) is 5.92 Å². The molecule has 3 atom stereocenters. The second kappa shape index (κ2) is 7.41. The monoisotopic (exact) mass is 296 g/mol. The Balaban J connectivity index is 2.00. The lowest BCUT2D eigenvalue weighted by Gasteiger charge is -2.36. The van der Waals surface area contributed by atoms with Crippen LogP contribution in [0.1, 0.15) is 24.9 Å². The standard InChI is InChI=1S/C16H25ClN2O/c1-12(14-6-4-5-7-15(14)17)19(3)10-13-11-20-9-8-16(13)18-2/h4-7,12-13,16,18H,8-11H2,1-3H3. The summed E-state index contributed by atoms with van der Waals surface area (Å²) < 4.78 is 5.63. The van der Waals surface area contributed by atoms with Crippen molar-refractivity contribution in [1.29, 1.82) is 0 Å². The Hall–Kier alpha value is -0.610. The van der Waals surface area contributed by atoms with E-state index in [1.165, 1.54) is 5.56 Å². The van der Waals surface area contributed by atoms with Gasteiger partial charge in [-0.05, 0) is 39.1 Å². The van der Waals surface area contributed by atoms with Crippen molar-refractivity contribution in [3.05, 3.63) is 34.9 Å². The van der Waals surface area contributed by atoms with Crippen molar-refractivity contribution in [3.8, 4) is 0 Å². The molecular formula is C16H25ClN2O. The minimum atomic E-state index is 0.308. The maximum atomic E-state index is 6.30. The molecule has 0 aliphatic carbocycles. The minimum Gasteiger partial charge on any atom is -0.381 e. The molecule has 4 heteroatoms. The lowest BCUT2D eigenvalue weighted by Crippen LogP contribution is -2.46. The number of hydrogen-bond acceptors (Lipinski definition) is 3. The Bertz CT molecular complexity index is 427. The van der Waals surface area contributed by atoms with E-state index in [9.17, 15) is 0 Å². The number of nitrogens with one attached hydrogen (secondary N) is 1. The summed E-state index contributed by atoms with van der Waals surface area (Å²) in [6.45, 7) is 4.92. The van der Waals surface area contributed by atoms with Crippen molar-refractivity contribution in [2.75, 3.05) is 33.9 Å². The molecule has 0 radical (unpaired) electrons. The maximum absolute atomic E-state index is 6.30. The molecule has 0 spiro atoms. The Morgan fingerprint density at radius 1 is 1.45 bits per heavy atom. The van der Waals surface area contributed by atoms with E-state index in [2.05, 4.69) is 30.3 Å². The molecule has 1 aliphatic heterocycles. The highest BCUT2D eigenvalue weighted by Gasteiger charge is 2.27. The Kier molecular flexibility index (Phi) is 5.85. The van der Waals surface area contributed by atoms with Crippen molar-refractivity contribution in [3.63, 3.8) is 0 Å². The molecule has 0 saturated carbocycles. The molecule has 0 bridgehead atoms. The maximum Gasteiger partial charge on any atom is 0.0521 e. The third-order valence-corrected chi connectivity index (χ3v) is 4.73. The molecule has 1 aliphatic rings. The first-order chi connectivity index (χ1) is 9.63. The molecular weight excluding hydrogens is 272 g/mol. The molecule has 1 aromatic rings. The molecule has 3 nitrogen and oxygen atoms in total. The number of ether oxygens (including phenoxy) is 1. The summed E-state index contributed by atoms with van der Waals surface area (Å²) in [5.41, 5.74) is 1.19. The molecule has 0 amide bonds. The van der Waals surface area contributed by atoms with E-state index in [0.717, 1.165) is 31.2 Å². The Morgan fingerprint density at radius 2 is 2.20 bits per heavy atom. The van der Waals surface area contributed by atoms with Crippen LogP contribution in [-0.2, 0) is 4.74 Å². The SMILES string of the molecule is CNC1CCOCC1CN(C)C(C)c1ccccc1Cl. The quantitative estimate of drug-likeness (QED) is 0.904. The van der Waals surface area contributed by atoms with Gasteiger partial charge in [0.25, 0.3) is 0 Å². The molecule has 1 fully saturated rings.